The topological polar surface area (TPSA) is 93.5 Å². The molecule has 0 saturated carbocycles. The Morgan fingerprint density at radius 1 is 0.957 bits per heavy atom. The lowest BCUT2D eigenvalue weighted by Gasteiger charge is -2.19. The molecule has 0 aromatic heterocycles. The van der Waals surface area contributed by atoms with E-state index < -0.39 is 11.6 Å². The zero-order valence-electron chi connectivity index (χ0n) is 15.4. The molecule has 0 heterocycles. The van der Waals surface area contributed by atoms with Crippen molar-refractivity contribution in [3.05, 3.63) is 0 Å². The molecule has 0 radical (unpaired) electrons. The molecule has 0 saturated heterocycles. The van der Waals surface area contributed by atoms with E-state index in [0.717, 1.165) is 32.1 Å². The SMILES string of the molecule is CC(C)[C@H](N)C(=O)NCCCCCCCNC(=O)OC(C)(C)C. The second-order valence-electron chi connectivity index (χ2n) is 7.26. The fraction of sp³-hybridized carbons (Fsp3) is 0.882. The third-order valence-electron chi connectivity index (χ3n) is 3.34. The van der Waals surface area contributed by atoms with E-state index in [-0.39, 0.29) is 17.9 Å². The molecule has 6 nitrogen and oxygen atoms in total. The lowest BCUT2D eigenvalue weighted by Crippen LogP contribution is -2.44. The van der Waals surface area contributed by atoms with Gasteiger partial charge in [0.2, 0.25) is 5.91 Å². The summed E-state index contributed by atoms with van der Waals surface area (Å²) in [6.07, 6.45) is 4.72. The Labute approximate surface area is 140 Å². The minimum atomic E-state index is -0.452. The van der Waals surface area contributed by atoms with Crippen LogP contribution in [-0.2, 0) is 9.53 Å². The Hall–Kier alpha value is -1.30. The van der Waals surface area contributed by atoms with Crippen molar-refractivity contribution in [3.8, 4) is 0 Å². The van der Waals surface area contributed by atoms with E-state index in [2.05, 4.69) is 10.6 Å². The number of carbonyl (C=O) groups excluding carboxylic acids is 2. The molecular weight excluding hydrogens is 294 g/mol. The molecule has 2 amide bonds. The average molecular weight is 329 g/mol. The van der Waals surface area contributed by atoms with Crippen molar-refractivity contribution in [1.29, 1.82) is 0 Å². The van der Waals surface area contributed by atoms with Crippen LogP contribution in [0.5, 0.6) is 0 Å². The minimum absolute atomic E-state index is 0.0680. The van der Waals surface area contributed by atoms with Gasteiger partial charge in [0.1, 0.15) is 5.60 Å². The normalized spacial score (nSPS) is 12.8. The maximum atomic E-state index is 11.6. The Morgan fingerprint density at radius 2 is 1.43 bits per heavy atom. The molecule has 0 aromatic rings. The zero-order chi connectivity index (χ0) is 17.9. The van der Waals surface area contributed by atoms with Crippen LogP contribution in [0.4, 0.5) is 4.79 Å². The molecular formula is C17H35N3O3. The molecule has 0 unspecified atom stereocenters. The van der Waals surface area contributed by atoms with Gasteiger partial charge in [-0.25, -0.2) is 4.79 Å². The van der Waals surface area contributed by atoms with Crippen molar-refractivity contribution in [2.45, 2.75) is 78.4 Å². The maximum absolute atomic E-state index is 11.6. The summed E-state index contributed by atoms with van der Waals surface area (Å²) in [5.74, 6) is 0.0917. The summed E-state index contributed by atoms with van der Waals surface area (Å²) < 4.78 is 5.16. The van der Waals surface area contributed by atoms with E-state index in [4.69, 9.17) is 10.5 Å². The lowest BCUT2D eigenvalue weighted by molar-refractivity contribution is -0.123. The molecule has 0 fully saturated rings. The van der Waals surface area contributed by atoms with E-state index in [9.17, 15) is 9.59 Å². The number of nitrogens with two attached hydrogens (primary N) is 1. The molecule has 23 heavy (non-hydrogen) atoms. The highest BCUT2D eigenvalue weighted by Gasteiger charge is 2.16. The van der Waals surface area contributed by atoms with Crippen LogP contribution in [0, 0.1) is 5.92 Å². The smallest absolute Gasteiger partial charge is 0.407 e. The molecule has 136 valence electrons. The minimum Gasteiger partial charge on any atom is -0.444 e. The third kappa shape index (κ3) is 12.9. The number of nitrogens with one attached hydrogen (secondary N) is 2. The number of alkyl carbamates (subject to hydrolysis) is 1. The maximum Gasteiger partial charge on any atom is 0.407 e. The van der Waals surface area contributed by atoms with Gasteiger partial charge >= 0.3 is 6.09 Å². The van der Waals surface area contributed by atoms with Gasteiger partial charge in [-0.2, -0.15) is 0 Å². The van der Waals surface area contributed by atoms with Gasteiger partial charge in [0, 0.05) is 13.1 Å². The summed E-state index contributed by atoms with van der Waals surface area (Å²) in [6, 6.07) is -0.422. The van der Waals surface area contributed by atoms with Crippen LogP contribution >= 0.6 is 0 Å². The van der Waals surface area contributed by atoms with Crippen molar-refractivity contribution < 1.29 is 14.3 Å². The molecule has 6 heteroatoms. The highest BCUT2D eigenvalue weighted by Crippen LogP contribution is 2.07. The van der Waals surface area contributed by atoms with Crippen molar-refractivity contribution in [3.63, 3.8) is 0 Å². The number of unbranched alkanes of at least 4 members (excludes halogenated alkanes) is 4. The molecule has 0 aromatic carbocycles. The Kier molecular flexibility index (Phi) is 10.6. The average Bonchev–Trinajstić information content (AvgIpc) is 2.42. The predicted octanol–water partition coefficient (Wildman–Crippen LogP) is 2.56. The van der Waals surface area contributed by atoms with Gasteiger partial charge in [-0.1, -0.05) is 33.1 Å². The number of rotatable bonds is 10. The number of ether oxygens (including phenoxy) is 1. The van der Waals surface area contributed by atoms with Crippen LogP contribution < -0.4 is 16.4 Å². The standard InChI is InChI=1S/C17H35N3O3/c1-13(2)14(18)15(21)19-11-9-7-6-8-10-12-20-16(22)23-17(3,4)5/h13-14H,6-12,18H2,1-5H3,(H,19,21)(H,20,22)/t14-/m0/s1. The zero-order valence-corrected chi connectivity index (χ0v) is 15.4. The molecule has 0 aliphatic carbocycles. The van der Waals surface area contributed by atoms with Crippen LogP contribution in [-0.4, -0.2) is 36.7 Å². The van der Waals surface area contributed by atoms with E-state index in [1.165, 1.54) is 0 Å². The van der Waals surface area contributed by atoms with E-state index in [0.29, 0.717) is 13.1 Å². The molecule has 0 aliphatic heterocycles. The molecule has 4 N–H and O–H groups in total. The van der Waals surface area contributed by atoms with Gasteiger partial charge in [0.15, 0.2) is 0 Å². The van der Waals surface area contributed by atoms with Gasteiger partial charge in [-0.3, -0.25) is 4.79 Å². The van der Waals surface area contributed by atoms with Crippen molar-refractivity contribution >= 4 is 12.0 Å². The summed E-state index contributed by atoms with van der Waals surface area (Å²) >= 11 is 0. The van der Waals surface area contributed by atoms with Crippen LogP contribution in [0.15, 0.2) is 0 Å². The summed E-state index contributed by atoms with van der Waals surface area (Å²) in [6.45, 7) is 10.7. The first-order valence-corrected chi connectivity index (χ1v) is 8.63. The fourth-order valence-electron chi connectivity index (χ4n) is 1.92. The van der Waals surface area contributed by atoms with Gasteiger partial charge < -0.3 is 21.1 Å². The third-order valence-corrected chi connectivity index (χ3v) is 3.34. The summed E-state index contributed by atoms with van der Waals surface area (Å²) in [5.41, 5.74) is 5.31. The van der Waals surface area contributed by atoms with Crippen LogP contribution in [0.3, 0.4) is 0 Å². The van der Waals surface area contributed by atoms with Gasteiger partial charge in [-0.15, -0.1) is 0 Å². The van der Waals surface area contributed by atoms with Gasteiger partial charge in [-0.05, 0) is 39.5 Å². The first-order chi connectivity index (χ1) is 10.6. The number of carbonyl (C=O) groups is 2. The predicted molar refractivity (Wildman–Crippen MR) is 93.1 cm³/mol. The number of hydrogen-bond acceptors (Lipinski definition) is 4. The molecule has 0 spiro atoms. The van der Waals surface area contributed by atoms with Crippen molar-refractivity contribution in [2.24, 2.45) is 11.7 Å². The van der Waals surface area contributed by atoms with Crippen LogP contribution in [0.1, 0.15) is 66.7 Å². The highest BCUT2D eigenvalue weighted by molar-refractivity contribution is 5.81. The quantitative estimate of drug-likeness (QED) is 0.537. The first-order valence-electron chi connectivity index (χ1n) is 8.63. The highest BCUT2D eigenvalue weighted by atomic mass is 16.6. The molecule has 0 bridgehead atoms. The summed E-state index contributed by atoms with van der Waals surface area (Å²) in [5, 5.41) is 5.61. The second kappa shape index (κ2) is 11.3. The Bertz CT molecular complexity index is 351. The Balaban J connectivity index is 3.44. The Morgan fingerprint density at radius 3 is 1.91 bits per heavy atom. The summed E-state index contributed by atoms with van der Waals surface area (Å²) in [7, 11) is 0. The van der Waals surface area contributed by atoms with Crippen molar-refractivity contribution in [2.75, 3.05) is 13.1 Å². The van der Waals surface area contributed by atoms with Gasteiger partial charge in [0.25, 0.3) is 0 Å². The fourth-order valence-corrected chi connectivity index (χ4v) is 1.92. The summed E-state index contributed by atoms with van der Waals surface area (Å²) in [4.78, 5) is 23.0. The van der Waals surface area contributed by atoms with Crippen LogP contribution in [0.25, 0.3) is 0 Å². The van der Waals surface area contributed by atoms with Crippen molar-refractivity contribution in [1.82, 2.24) is 10.6 Å². The van der Waals surface area contributed by atoms with E-state index in [1.54, 1.807) is 0 Å². The monoisotopic (exact) mass is 329 g/mol. The first kappa shape index (κ1) is 21.7. The lowest BCUT2D eigenvalue weighted by atomic mass is 10.0. The number of amides is 2. The second-order valence-corrected chi connectivity index (χ2v) is 7.26. The van der Waals surface area contributed by atoms with E-state index in [1.807, 2.05) is 34.6 Å². The van der Waals surface area contributed by atoms with Crippen LogP contribution in [0.2, 0.25) is 0 Å². The molecule has 0 aliphatic rings. The molecule has 1 atom stereocenters. The van der Waals surface area contributed by atoms with Gasteiger partial charge in [0.05, 0.1) is 6.04 Å². The largest absolute Gasteiger partial charge is 0.444 e. The molecule has 0 rings (SSSR count). The number of hydrogen-bond donors (Lipinski definition) is 3. The van der Waals surface area contributed by atoms with E-state index >= 15 is 0 Å².